The Bertz CT molecular complexity index is 91.0. The van der Waals surface area contributed by atoms with Gasteiger partial charge < -0.3 is 10.4 Å². The molecule has 0 saturated heterocycles. The summed E-state index contributed by atoms with van der Waals surface area (Å²) in [6.45, 7) is 7.89. The molecule has 0 bridgehead atoms. The molecule has 0 aliphatic carbocycles. The van der Waals surface area contributed by atoms with Gasteiger partial charge in [0.1, 0.15) is 0 Å². The van der Waals surface area contributed by atoms with Crippen LogP contribution in [-0.2, 0) is 0 Å². The van der Waals surface area contributed by atoms with Gasteiger partial charge in [0.15, 0.2) is 0 Å². The van der Waals surface area contributed by atoms with Crippen LogP contribution >= 0.6 is 12.4 Å². The fourth-order valence-corrected chi connectivity index (χ4v) is 0.877. The van der Waals surface area contributed by atoms with Crippen molar-refractivity contribution in [2.24, 2.45) is 0 Å². The molecule has 0 heterocycles. The predicted octanol–water partition coefficient (Wildman–Crippen LogP) is 1.96. The average molecular weight is 196 g/mol. The van der Waals surface area contributed by atoms with Gasteiger partial charge in [0, 0.05) is 12.1 Å². The summed E-state index contributed by atoms with van der Waals surface area (Å²) < 4.78 is 0. The zero-order valence-electron chi connectivity index (χ0n) is 8.39. The number of unbranched alkanes of at least 4 members (excludes halogenated alkanes) is 2. The average Bonchev–Trinajstić information content (AvgIpc) is 1.85. The molecule has 0 fully saturated rings. The Balaban J connectivity index is 0. The van der Waals surface area contributed by atoms with E-state index in [1.807, 2.05) is 0 Å². The smallest absolute Gasteiger partial charge is 0.0431 e. The van der Waals surface area contributed by atoms with Crippen molar-refractivity contribution in [2.45, 2.75) is 45.6 Å². The van der Waals surface area contributed by atoms with Crippen molar-refractivity contribution < 1.29 is 5.11 Å². The van der Waals surface area contributed by atoms with Gasteiger partial charge in [-0.2, -0.15) is 0 Å². The molecule has 0 aromatic rings. The maximum atomic E-state index is 8.51. The van der Waals surface area contributed by atoms with Crippen LogP contribution in [0.3, 0.4) is 0 Å². The van der Waals surface area contributed by atoms with Gasteiger partial charge in [0.2, 0.25) is 0 Å². The van der Waals surface area contributed by atoms with Crippen LogP contribution in [0, 0.1) is 0 Å². The first-order chi connectivity index (χ1) is 5.06. The minimum atomic E-state index is 0. The highest BCUT2D eigenvalue weighted by Crippen LogP contribution is 1.99. The van der Waals surface area contributed by atoms with Crippen LogP contribution in [0.15, 0.2) is 0 Å². The van der Waals surface area contributed by atoms with E-state index in [9.17, 15) is 0 Å². The SMILES string of the molecule is CC(C)(C)NCCCCCO.Cl. The second kappa shape index (κ2) is 7.84. The number of aliphatic hydroxyl groups excluding tert-OH is 1. The Morgan fingerprint density at radius 1 is 1.08 bits per heavy atom. The maximum Gasteiger partial charge on any atom is 0.0431 e. The van der Waals surface area contributed by atoms with E-state index in [0.717, 1.165) is 25.8 Å². The molecule has 0 amide bonds. The summed E-state index contributed by atoms with van der Waals surface area (Å²) in [5.41, 5.74) is 0.235. The van der Waals surface area contributed by atoms with E-state index in [0.29, 0.717) is 6.61 Å². The summed E-state index contributed by atoms with van der Waals surface area (Å²) >= 11 is 0. The van der Waals surface area contributed by atoms with Gasteiger partial charge >= 0.3 is 0 Å². The molecule has 0 unspecified atom stereocenters. The highest BCUT2D eigenvalue weighted by atomic mass is 35.5. The molecule has 2 nitrogen and oxygen atoms in total. The number of nitrogens with one attached hydrogen (secondary N) is 1. The minimum Gasteiger partial charge on any atom is -0.396 e. The lowest BCUT2D eigenvalue weighted by Gasteiger charge is -2.20. The van der Waals surface area contributed by atoms with Gasteiger partial charge in [-0.1, -0.05) is 0 Å². The van der Waals surface area contributed by atoms with Crippen LogP contribution < -0.4 is 5.32 Å². The second-order valence-corrected chi connectivity index (χ2v) is 3.96. The Morgan fingerprint density at radius 2 is 1.67 bits per heavy atom. The van der Waals surface area contributed by atoms with Crippen LogP contribution in [0.4, 0.5) is 0 Å². The van der Waals surface area contributed by atoms with E-state index >= 15 is 0 Å². The van der Waals surface area contributed by atoms with E-state index < -0.39 is 0 Å². The van der Waals surface area contributed by atoms with Gasteiger partial charge in [0.05, 0.1) is 0 Å². The fraction of sp³-hybridized carbons (Fsp3) is 1.00. The van der Waals surface area contributed by atoms with Crippen LogP contribution in [-0.4, -0.2) is 23.8 Å². The van der Waals surface area contributed by atoms with Crippen molar-refractivity contribution in [1.82, 2.24) is 5.32 Å². The van der Waals surface area contributed by atoms with Crippen molar-refractivity contribution in [3.8, 4) is 0 Å². The zero-order chi connectivity index (χ0) is 8.74. The van der Waals surface area contributed by atoms with Crippen molar-refractivity contribution in [3.63, 3.8) is 0 Å². The lowest BCUT2D eigenvalue weighted by atomic mass is 10.1. The van der Waals surface area contributed by atoms with Gasteiger partial charge in [-0.25, -0.2) is 0 Å². The quantitative estimate of drug-likeness (QED) is 0.658. The summed E-state index contributed by atoms with van der Waals surface area (Å²) in [4.78, 5) is 0. The molecule has 0 aliphatic heterocycles. The molecule has 0 saturated carbocycles. The Morgan fingerprint density at radius 3 is 2.08 bits per heavy atom. The summed E-state index contributed by atoms with van der Waals surface area (Å²) in [5.74, 6) is 0. The van der Waals surface area contributed by atoms with Crippen LogP contribution in [0.1, 0.15) is 40.0 Å². The molecule has 0 aromatic heterocycles. The molecule has 0 aromatic carbocycles. The summed E-state index contributed by atoms with van der Waals surface area (Å²) in [7, 11) is 0. The van der Waals surface area contributed by atoms with E-state index in [1.54, 1.807) is 0 Å². The molecule has 0 rings (SSSR count). The van der Waals surface area contributed by atoms with Crippen LogP contribution in [0.5, 0.6) is 0 Å². The first kappa shape index (κ1) is 14.7. The zero-order valence-corrected chi connectivity index (χ0v) is 9.21. The summed E-state index contributed by atoms with van der Waals surface area (Å²) in [5, 5.41) is 11.9. The number of halogens is 1. The molecule has 2 N–H and O–H groups in total. The van der Waals surface area contributed by atoms with Gasteiger partial charge in [-0.15, -0.1) is 12.4 Å². The third-order valence-electron chi connectivity index (χ3n) is 1.49. The molecule has 3 heteroatoms. The lowest BCUT2D eigenvalue weighted by Crippen LogP contribution is -2.36. The first-order valence-electron chi connectivity index (χ1n) is 4.42. The Kier molecular flexibility index (Phi) is 9.61. The first-order valence-corrected chi connectivity index (χ1v) is 4.42. The van der Waals surface area contributed by atoms with E-state index in [2.05, 4.69) is 26.1 Å². The minimum absolute atomic E-state index is 0. The third kappa shape index (κ3) is 12.8. The topological polar surface area (TPSA) is 32.3 Å². The molecule has 0 atom stereocenters. The van der Waals surface area contributed by atoms with Crippen molar-refractivity contribution in [3.05, 3.63) is 0 Å². The highest BCUT2D eigenvalue weighted by molar-refractivity contribution is 5.85. The molecule has 0 aliphatic rings. The van der Waals surface area contributed by atoms with Crippen molar-refractivity contribution >= 4 is 12.4 Å². The monoisotopic (exact) mass is 195 g/mol. The Labute approximate surface area is 82.2 Å². The molecule has 76 valence electrons. The van der Waals surface area contributed by atoms with E-state index in [-0.39, 0.29) is 17.9 Å². The third-order valence-corrected chi connectivity index (χ3v) is 1.49. The number of hydrogen-bond acceptors (Lipinski definition) is 2. The van der Waals surface area contributed by atoms with Crippen LogP contribution in [0.25, 0.3) is 0 Å². The normalized spacial score (nSPS) is 11.0. The van der Waals surface area contributed by atoms with Gasteiger partial charge in [-0.3, -0.25) is 0 Å². The number of hydrogen-bond donors (Lipinski definition) is 2. The number of rotatable bonds is 5. The fourth-order valence-electron chi connectivity index (χ4n) is 0.877. The van der Waals surface area contributed by atoms with E-state index in [1.165, 1.54) is 0 Å². The number of aliphatic hydroxyl groups is 1. The predicted molar refractivity (Wildman–Crippen MR) is 55.9 cm³/mol. The van der Waals surface area contributed by atoms with Crippen molar-refractivity contribution in [1.29, 1.82) is 0 Å². The van der Waals surface area contributed by atoms with Gasteiger partial charge in [-0.05, 0) is 46.6 Å². The molecule has 0 spiro atoms. The highest BCUT2D eigenvalue weighted by Gasteiger charge is 2.06. The Hall–Kier alpha value is 0.210. The van der Waals surface area contributed by atoms with Crippen molar-refractivity contribution in [2.75, 3.05) is 13.2 Å². The van der Waals surface area contributed by atoms with E-state index in [4.69, 9.17) is 5.11 Å². The molecule has 0 radical (unpaired) electrons. The molecule has 12 heavy (non-hydrogen) atoms. The maximum absolute atomic E-state index is 8.51. The summed E-state index contributed by atoms with van der Waals surface area (Å²) in [6.07, 6.45) is 3.23. The molecular formula is C9H22ClNO. The standard InChI is InChI=1S/C9H21NO.ClH/c1-9(2,3)10-7-5-4-6-8-11;/h10-11H,4-8H2,1-3H3;1H. The second-order valence-electron chi connectivity index (χ2n) is 3.96. The van der Waals surface area contributed by atoms with Gasteiger partial charge in [0.25, 0.3) is 0 Å². The summed E-state index contributed by atoms with van der Waals surface area (Å²) in [6, 6.07) is 0. The van der Waals surface area contributed by atoms with Crippen LogP contribution in [0.2, 0.25) is 0 Å². The largest absolute Gasteiger partial charge is 0.396 e. The molecular weight excluding hydrogens is 174 g/mol. The lowest BCUT2D eigenvalue weighted by molar-refractivity contribution is 0.281.